The second-order valence-electron chi connectivity index (χ2n) is 6.10. The van der Waals surface area contributed by atoms with E-state index in [-0.39, 0.29) is 5.82 Å². The summed E-state index contributed by atoms with van der Waals surface area (Å²) in [4.78, 5) is 11.8. The lowest BCUT2D eigenvalue weighted by atomic mass is 9.88. The van der Waals surface area contributed by atoms with Crippen LogP contribution in [0.5, 0.6) is 0 Å². The van der Waals surface area contributed by atoms with Crippen LogP contribution in [-0.2, 0) is 4.79 Å². The molecule has 0 heterocycles. The summed E-state index contributed by atoms with van der Waals surface area (Å²) in [6, 6.07) is 5.92. The van der Waals surface area contributed by atoms with E-state index in [1.807, 2.05) is 0 Å². The zero-order chi connectivity index (χ0) is 15.3. The lowest BCUT2D eigenvalue weighted by Crippen LogP contribution is -2.46. The number of aliphatic carboxylic acids is 1. The number of carboxylic acid groups (broad SMARTS) is 1. The van der Waals surface area contributed by atoms with Crippen LogP contribution in [0.2, 0.25) is 0 Å². The van der Waals surface area contributed by atoms with Crippen LogP contribution in [0, 0.1) is 11.7 Å². The summed E-state index contributed by atoms with van der Waals surface area (Å²) in [7, 11) is 0. The third-order valence-electron chi connectivity index (χ3n) is 4.53. The van der Waals surface area contributed by atoms with Gasteiger partial charge in [-0.15, -0.1) is 0 Å². The topological polar surface area (TPSA) is 49.3 Å². The third kappa shape index (κ3) is 3.96. The largest absolute Gasteiger partial charge is 0.480 e. The summed E-state index contributed by atoms with van der Waals surface area (Å²) in [5, 5.41) is 12.9. The molecule has 0 radical (unpaired) electrons. The van der Waals surface area contributed by atoms with Crippen LogP contribution >= 0.6 is 0 Å². The Balaban J connectivity index is 2.13. The zero-order valence-electron chi connectivity index (χ0n) is 12.6. The van der Waals surface area contributed by atoms with Crippen LogP contribution in [0.15, 0.2) is 24.3 Å². The van der Waals surface area contributed by atoms with E-state index in [1.54, 1.807) is 12.1 Å². The van der Waals surface area contributed by atoms with Gasteiger partial charge in [0.1, 0.15) is 11.4 Å². The first-order valence-corrected chi connectivity index (χ1v) is 7.83. The molecule has 116 valence electrons. The predicted octanol–water partition coefficient (Wildman–Crippen LogP) is 4.44. The van der Waals surface area contributed by atoms with Crippen molar-refractivity contribution in [3.63, 3.8) is 0 Å². The Labute approximate surface area is 125 Å². The van der Waals surface area contributed by atoms with Crippen molar-refractivity contribution in [1.29, 1.82) is 0 Å². The third-order valence-corrected chi connectivity index (χ3v) is 4.53. The molecule has 2 unspecified atom stereocenters. The van der Waals surface area contributed by atoms with Crippen molar-refractivity contribution in [2.75, 3.05) is 5.32 Å². The highest BCUT2D eigenvalue weighted by atomic mass is 19.1. The van der Waals surface area contributed by atoms with Crippen LogP contribution in [0.3, 0.4) is 0 Å². The fourth-order valence-corrected chi connectivity index (χ4v) is 3.31. The maximum absolute atomic E-state index is 13.0. The van der Waals surface area contributed by atoms with Crippen LogP contribution < -0.4 is 5.32 Å². The zero-order valence-corrected chi connectivity index (χ0v) is 12.6. The lowest BCUT2D eigenvalue weighted by molar-refractivity contribution is -0.142. The molecule has 1 aromatic rings. The van der Waals surface area contributed by atoms with Gasteiger partial charge >= 0.3 is 5.97 Å². The number of halogens is 1. The Morgan fingerprint density at radius 2 is 2.05 bits per heavy atom. The molecule has 2 rings (SSSR count). The summed E-state index contributed by atoms with van der Waals surface area (Å²) in [5.41, 5.74) is -0.243. The molecule has 0 aromatic heterocycles. The monoisotopic (exact) mass is 293 g/mol. The van der Waals surface area contributed by atoms with Crippen molar-refractivity contribution < 1.29 is 14.3 Å². The highest BCUT2D eigenvalue weighted by molar-refractivity contribution is 5.82. The molecule has 0 saturated heterocycles. The van der Waals surface area contributed by atoms with Gasteiger partial charge in [0.2, 0.25) is 0 Å². The average Bonchev–Trinajstić information content (AvgIpc) is 2.66. The molecule has 2 atom stereocenters. The van der Waals surface area contributed by atoms with Gasteiger partial charge in [0.05, 0.1) is 0 Å². The highest BCUT2D eigenvalue weighted by Gasteiger charge is 2.40. The minimum atomic E-state index is -0.916. The summed E-state index contributed by atoms with van der Waals surface area (Å²) in [6.07, 6.45) is 6.54. The molecular formula is C17H24FNO2. The molecular weight excluding hydrogens is 269 g/mol. The first kappa shape index (κ1) is 15.8. The first-order chi connectivity index (χ1) is 10.1. The number of hydrogen-bond donors (Lipinski definition) is 2. The summed E-state index contributed by atoms with van der Waals surface area (Å²) in [5.74, 6) is -0.482. The Hall–Kier alpha value is -1.58. The maximum atomic E-state index is 13.0. The second-order valence-corrected chi connectivity index (χ2v) is 6.10. The number of anilines is 1. The standard InChI is InChI=1S/C17H24FNO2/c1-2-4-13-5-3-11-17(12-10-13,16(20)21)19-15-8-6-14(18)7-9-15/h6-9,13,19H,2-5,10-12H2,1H3,(H,20,21). The van der Waals surface area contributed by atoms with Gasteiger partial charge in [0, 0.05) is 5.69 Å². The number of nitrogens with one attached hydrogen (secondary N) is 1. The Morgan fingerprint density at radius 3 is 2.67 bits per heavy atom. The number of benzene rings is 1. The Bertz CT molecular complexity index is 474. The molecule has 1 aliphatic rings. The molecule has 1 saturated carbocycles. The fourth-order valence-electron chi connectivity index (χ4n) is 3.31. The van der Waals surface area contributed by atoms with Crippen molar-refractivity contribution >= 4 is 11.7 Å². The molecule has 0 bridgehead atoms. The summed E-state index contributed by atoms with van der Waals surface area (Å²) >= 11 is 0. The van der Waals surface area contributed by atoms with Gasteiger partial charge < -0.3 is 10.4 Å². The quantitative estimate of drug-likeness (QED) is 0.789. The second kappa shape index (κ2) is 6.92. The summed E-state index contributed by atoms with van der Waals surface area (Å²) in [6.45, 7) is 2.17. The van der Waals surface area contributed by atoms with E-state index in [0.29, 0.717) is 24.4 Å². The fraction of sp³-hybridized carbons (Fsp3) is 0.588. The van der Waals surface area contributed by atoms with E-state index in [4.69, 9.17) is 0 Å². The minimum absolute atomic E-state index is 0.311. The van der Waals surface area contributed by atoms with Crippen molar-refractivity contribution in [3.05, 3.63) is 30.1 Å². The van der Waals surface area contributed by atoms with Gasteiger partial charge in [-0.05, 0) is 49.4 Å². The lowest BCUT2D eigenvalue weighted by Gasteiger charge is -2.30. The number of rotatable bonds is 5. The van der Waals surface area contributed by atoms with Crippen LogP contribution in [-0.4, -0.2) is 16.6 Å². The molecule has 0 spiro atoms. The Morgan fingerprint density at radius 1 is 1.33 bits per heavy atom. The van der Waals surface area contributed by atoms with Gasteiger partial charge in [-0.3, -0.25) is 0 Å². The average molecular weight is 293 g/mol. The minimum Gasteiger partial charge on any atom is -0.480 e. The van der Waals surface area contributed by atoms with Crippen LogP contribution in [0.4, 0.5) is 10.1 Å². The van der Waals surface area contributed by atoms with E-state index in [2.05, 4.69) is 12.2 Å². The number of hydrogen-bond acceptors (Lipinski definition) is 2. The molecule has 3 nitrogen and oxygen atoms in total. The maximum Gasteiger partial charge on any atom is 0.329 e. The van der Waals surface area contributed by atoms with Crippen molar-refractivity contribution in [3.8, 4) is 0 Å². The van der Waals surface area contributed by atoms with E-state index in [1.165, 1.54) is 18.6 Å². The van der Waals surface area contributed by atoms with Crippen LogP contribution in [0.1, 0.15) is 51.9 Å². The molecule has 1 aromatic carbocycles. The van der Waals surface area contributed by atoms with Gasteiger partial charge in [-0.1, -0.05) is 32.6 Å². The van der Waals surface area contributed by atoms with Crippen molar-refractivity contribution in [2.24, 2.45) is 5.92 Å². The van der Waals surface area contributed by atoms with E-state index < -0.39 is 11.5 Å². The van der Waals surface area contributed by atoms with E-state index in [9.17, 15) is 14.3 Å². The highest BCUT2D eigenvalue weighted by Crippen LogP contribution is 2.35. The Kier molecular flexibility index (Phi) is 5.21. The first-order valence-electron chi connectivity index (χ1n) is 7.83. The number of carboxylic acids is 1. The smallest absolute Gasteiger partial charge is 0.329 e. The van der Waals surface area contributed by atoms with Gasteiger partial charge in [0.15, 0.2) is 0 Å². The molecule has 1 aliphatic carbocycles. The summed E-state index contributed by atoms with van der Waals surface area (Å²) < 4.78 is 13.0. The van der Waals surface area contributed by atoms with E-state index in [0.717, 1.165) is 25.7 Å². The molecule has 0 amide bonds. The van der Waals surface area contributed by atoms with E-state index >= 15 is 0 Å². The van der Waals surface area contributed by atoms with Crippen molar-refractivity contribution in [1.82, 2.24) is 0 Å². The van der Waals surface area contributed by atoms with Gasteiger partial charge in [0.25, 0.3) is 0 Å². The molecule has 2 N–H and O–H groups in total. The molecule has 21 heavy (non-hydrogen) atoms. The van der Waals surface area contributed by atoms with Crippen molar-refractivity contribution in [2.45, 2.75) is 57.4 Å². The van der Waals surface area contributed by atoms with Gasteiger partial charge in [-0.25, -0.2) is 9.18 Å². The molecule has 1 fully saturated rings. The molecule has 0 aliphatic heterocycles. The molecule has 4 heteroatoms. The van der Waals surface area contributed by atoms with Gasteiger partial charge in [-0.2, -0.15) is 0 Å². The number of carbonyl (C=O) groups is 1. The SMILES string of the molecule is CCCC1CCCC(Nc2ccc(F)cc2)(C(=O)O)CC1. The predicted molar refractivity (Wildman–Crippen MR) is 81.9 cm³/mol. The normalized spacial score (nSPS) is 26.1. The van der Waals surface area contributed by atoms with Crippen LogP contribution in [0.25, 0.3) is 0 Å².